The Hall–Kier alpha value is -7.54. The normalized spacial score (nSPS) is 12.1. The summed E-state index contributed by atoms with van der Waals surface area (Å²) in [5, 5.41) is 8.02. The van der Waals surface area contributed by atoms with E-state index in [2.05, 4.69) is 179 Å². The molecule has 0 saturated carbocycles. The first-order valence-corrected chi connectivity index (χ1v) is 20.3. The molecule has 58 heavy (non-hydrogen) atoms. The van der Waals surface area contributed by atoms with Crippen molar-refractivity contribution in [2.45, 2.75) is 0 Å². The second-order valence-corrected chi connectivity index (χ2v) is 16.0. The topological polar surface area (TPSA) is 48.8 Å². The molecule has 0 aliphatic heterocycles. The maximum absolute atomic E-state index is 6.62. The molecule has 0 atom stereocenters. The van der Waals surface area contributed by atoms with Gasteiger partial charge in [-0.3, -0.25) is 4.57 Å². The molecule has 0 saturated heterocycles. The highest BCUT2D eigenvalue weighted by molar-refractivity contribution is 7.26. The second-order valence-electron chi connectivity index (χ2n) is 14.9. The first-order chi connectivity index (χ1) is 28.8. The number of furan rings is 1. The average molecular weight is 759 g/mol. The molecular formula is C52H30N4OS. The third-order valence-corrected chi connectivity index (χ3v) is 12.9. The molecule has 270 valence electrons. The summed E-state index contributed by atoms with van der Waals surface area (Å²) < 4.78 is 13.4. The molecule has 0 aliphatic carbocycles. The van der Waals surface area contributed by atoms with Crippen molar-refractivity contribution >= 4 is 97.2 Å². The van der Waals surface area contributed by atoms with E-state index in [1.807, 2.05) is 12.1 Å². The van der Waals surface area contributed by atoms with E-state index in [0.29, 0.717) is 5.95 Å². The summed E-state index contributed by atoms with van der Waals surface area (Å²) in [5.74, 6) is 0.631. The van der Waals surface area contributed by atoms with E-state index < -0.39 is 0 Å². The summed E-state index contributed by atoms with van der Waals surface area (Å²) >= 11 is 1.73. The summed E-state index contributed by atoms with van der Waals surface area (Å²) in [6.07, 6.45) is 0. The number of nitrogens with zero attached hydrogens (tertiary/aromatic N) is 4. The number of fused-ring (bicyclic) bond motifs is 13. The quantitative estimate of drug-likeness (QED) is 0.180. The molecule has 5 heterocycles. The SMILES string of the molecule is c1ccc(-c2nc(-n3c4ccccc4c4cc(-c5ccc6c7ccccc7n(-c7ccccc7)c6c5)ccc43)nc3c2sc2ccc4c5ccccc5oc4c23)cc1. The molecule has 0 N–H and O–H groups in total. The lowest BCUT2D eigenvalue weighted by molar-refractivity contribution is 0.673. The second kappa shape index (κ2) is 12.0. The maximum Gasteiger partial charge on any atom is 0.235 e. The Balaban J connectivity index is 1.06. The van der Waals surface area contributed by atoms with Crippen molar-refractivity contribution in [3.8, 4) is 34.0 Å². The van der Waals surface area contributed by atoms with Crippen molar-refractivity contribution in [2.75, 3.05) is 0 Å². The summed E-state index contributed by atoms with van der Waals surface area (Å²) in [6, 6.07) is 64.7. The van der Waals surface area contributed by atoms with E-state index in [1.165, 1.54) is 21.8 Å². The number of rotatable bonds is 4. The van der Waals surface area contributed by atoms with Gasteiger partial charge in [0.15, 0.2) is 0 Å². The standard InChI is InChI=1S/C52H30N4OS/c1-3-13-31(14-4-1)48-51-49(47-46(58-51)28-26-39-38-19-9-12-22-45(38)57-50(39)47)54-52(53-48)56-42-21-11-8-18-36(42)40-29-32(24-27-43(40)56)33-23-25-37-35-17-7-10-20-41(35)55(44(37)30-33)34-15-5-2-6-16-34/h1-30H. The zero-order chi connectivity index (χ0) is 37.9. The molecule has 0 unspecified atom stereocenters. The lowest BCUT2D eigenvalue weighted by atomic mass is 10.0. The van der Waals surface area contributed by atoms with Crippen LogP contribution >= 0.6 is 11.3 Å². The zero-order valence-corrected chi connectivity index (χ0v) is 31.7. The molecule has 0 aliphatic rings. The van der Waals surface area contributed by atoms with Crippen molar-refractivity contribution in [3.63, 3.8) is 0 Å². The molecule has 13 rings (SSSR count). The molecular weight excluding hydrogens is 729 g/mol. The smallest absolute Gasteiger partial charge is 0.235 e. The molecule has 5 aromatic heterocycles. The Labute approximate surface area is 335 Å². The van der Waals surface area contributed by atoms with Gasteiger partial charge < -0.3 is 8.98 Å². The molecule has 0 amide bonds. The van der Waals surface area contributed by atoms with Gasteiger partial charge in [0, 0.05) is 48.3 Å². The van der Waals surface area contributed by atoms with Gasteiger partial charge in [-0.1, -0.05) is 121 Å². The van der Waals surface area contributed by atoms with Crippen molar-refractivity contribution in [1.82, 2.24) is 19.1 Å². The molecule has 0 bridgehead atoms. The first kappa shape index (κ1) is 31.6. The summed E-state index contributed by atoms with van der Waals surface area (Å²) in [5.41, 5.74) is 12.6. The summed E-state index contributed by atoms with van der Waals surface area (Å²) in [6.45, 7) is 0. The Morgan fingerprint density at radius 1 is 0.431 bits per heavy atom. The van der Waals surface area contributed by atoms with Crippen LogP contribution in [0.3, 0.4) is 0 Å². The van der Waals surface area contributed by atoms with Gasteiger partial charge in [-0.25, -0.2) is 9.97 Å². The van der Waals surface area contributed by atoms with E-state index in [1.54, 1.807) is 11.3 Å². The molecule has 6 heteroatoms. The predicted molar refractivity (Wildman–Crippen MR) is 242 cm³/mol. The number of hydrogen-bond donors (Lipinski definition) is 0. The van der Waals surface area contributed by atoms with Gasteiger partial charge >= 0.3 is 0 Å². The molecule has 5 nitrogen and oxygen atoms in total. The van der Waals surface area contributed by atoms with Gasteiger partial charge in [-0.15, -0.1) is 11.3 Å². The summed E-state index contributed by atoms with van der Waals surface area (Å²) in [7, 11) is 0. The van der Waals surface area contributed by atoms with E-state index in [0.717, 1.165) is 92.1 Å². The van der Waals surface area contributed by atoms with Crippen molar-refractivity contribution < 1.29 is 4.42 Å². The summed E-state index contributed by atoms with van der Waals surface area (Å²) in [4.78, 5) is 10.9. The highest BCUT2D eigenvalue weighted by Crippen LogP contribution is 2.45. The lowest BCUT2D eigenvalue weighted by Gasteiger charge is -2.11. The molecule has 0 fully saturated rings. The lowest BCUT2D eigenvalue weighted by Crippen LogP contribution is -2.02. The molecule has 0 radical (unpaired) electrons. The maximum atomic E-state index is 6.62. The van der Waals surface area contributed by atoms with Crippen LogP contribution in [0.5, 0.6) is 0 Å². The molecule has 0 spiro atoms. The number of para-hydroxylation sites is 4. The van der Waals surface area contributed by atoms with Crippen LogP contribution in [0.25, 0.3) is 120 Å². The number of thiophene rings is 1. The minimum Gasteiger partial charge on any atom is -0.455 e. The van der Waals surface area contributed by atoms with Crippen LogP contribution < -0.4 is 0 Å². The van der Waals surface area contributed by atoms with Gasteiger partial charge in [-0.2, -0.15) is 0 Å². The van der Waals surface area contributed by atoms with Crippen LogP contribution in [-0.4, -0.2) is 19.1 Å². The zero-order valence-electron chi connectivity index (χ0n) is 30.9. The van der Waals surface area contributed by atoms with E-state index in [9.17, 15) is 0 Å². The minimum atomic E-state index is 0.631. The highest BCUT2D eigenvalue weighted by Gasteiger charge is 2.23. The van der Waals surface area contributed by atoms with Crippen LogP contribution in [0, 0.1) is 0 Å². The van der Waals surface area contributed by atoms with E-state index in [4.69, 9.17) is 14.4 Å². The average Bonchev–Trinajstić information content (AvgIpc) is 4.04. The Bertz CT molecular complexity index is 3800. The third kappa shape index (κ3) is 4.46. The number of hydrogen-bond acceptors (Lipinski definition) is 4. The number of aromatic nitrogens is 4. The van der Waals surface area contributed by atoms with Crippen molar-refractivity contribution in [3.05, 3.63) is 182 Å². The monoisotopic (exact) mass is 758 g/mol. The largest absolute Gasteiger partial charge is 0.455 e. The Morgan fingerprint density at radius 3 is 1.88 bits per heavy atom. The van der Waals surface area contributed by atoms with Crippen molar-refractivity contribution in [1.29, 1.82) is 0 Å². The fraction of sp³-hybridized carbons (Fsp3) is 0. The first-order valence-electron chi connectivity index (χ1n) is 19.5. The van der Waals surface area contributed by atoms with Crippen LogP contribution in [0.1, 0.15) is 0 Å². The van der Waals surface area contributed by atoms with Gasteiger partial charge in [0.05, 0.1) is 43.4 Å². The Kier molecular flexibility index (Phi) is 6.54. The van der Waals surface area contributed by atoms with Gasteiger partial charge in [-0.05, 0) is 71.8 Å². The third-order valence-electron chi connectivity index (χ3n) is 11.8. The predicted octanol–water partition coefficient (Wildman–Crippen LogP) is 14.3. The fourth-order valence-electron chi connectivity index (χ4n) is 9.16. The van der Waals surface area contributed by atoms with Crippen LogP contribution in [0.2, 0.25) is 0 Å². The van der Waals surface area contributed by atoms with Crippen molar-refractivity contribution in [2.24, 2.45) is 0 Å². The van der Waals surface area contributed by atoms with Crippen LogP contribution in [-0.2, 0) is 0 Å². The Morgan fingerprint density at radius 2 is 1.05 bits per heavy atom. The van der Waals surface area contributed by atoms with Gasteiger partial charge in [0.1, 0.15) is 11.2 Å². The van der Waals surface area contributed by atoms with E-state index in [-0.39, 0.29) is 0 Å². The molecule has 8 aromatic carbocycles. The molecule has 13 aromatic rings. The van der Waals surface area contributed by atoms with Gasteiger partial charge in [0.25, 0.3) is 0 Å². The number of benzene rings is 8. The van der Waals surface area contributed by atoms with E-state index >= 15 is 0 Å². The van der Waals surface area contributed by atoms with Crippen LogP contribution in [0.15, 0.2) is 186 Å². The van der Waals surface area contributed by atoms with Crippen LogP contribution in [0.4, 0.5) is 0 Å². The minimum absolute atomic E-state index is 0.631. The highest BCUT2D eigenvalue weighted by atomic mass is 32.1. The van der Waals surface area contributed by atoms with Gasteiger partial charge in [0.2, 0.25) is 5.95 Å². The fourth-order valence-corrected chi connectivity index (χ4v) is 10.3.